The van der Waals surface area contributed by atoms with Crippen LogP contribution in [0.3, 0.4) is 0 Å². The van der Waals surface area contributed by atoms with Crippen LogP contribution in [0.4, 0.5) is 0 Å². The van der Waals surface area contributed by atoms with Crippen molar-refractivity contribution >= 4 is 7.14 Å². The third-order valence-corrected chi connectivity index (χ3v) is 4.76. The maximum absolute atomic E-state index is 11.7. The van der Waals surface area contributed by atoms with Crippen LogP contribution in [0.25, 0.3) is 0 Å². The summed E-state index contributed by atoms with van der Waals surface area (Å²) in [4.78, 5) is 2.30. The quantitative estimate of drug-likeness (QED) is 0.490. The van der Waals surface area contributed by atoms with Gasteiger partial charge in [0.05, 0.1) is 13.7 Å². The van der Waals surface area contributed by atoms with E-state index in [2.05, 4.69) is 30.6 Å². The Hall–Kier alpha value is -0.250. The van der Waals surface area contributed by atoms with Gasteiger partial charge in [-0.3, -0.25) is 4.90 Å². The molecule has 1 aliphatic heterocycles. The Balaban J connectivity index is 2.31. The Labute approximate surface area is 87.4 Å². The average Bonchev–Trinajstić information content (AvgIpc) is 2.07. The first-order chi connectivity index (χ1) is 6.49. The predicted octanol–water partition coefficient (Wildman–Crippen LogP) is 1.95. The second-order valence-corrected chi connectivity index (χ2v) is 7.98. The number of hydrogen-bond acceptors (Lipinski definition) is 2. The topological polar surface area (TPSA) is 20.3 Å². The fourth-order valence-electron chi connectivity index (χ4n) is 1.45. The molecule has 0 amide bonds. The smallest absolute Gasteiger partial charge is 0.0873 e. The molecule has 1 fully saturated rings. The van der Waals surface area contributed by atoms with E-state index in [-0.39, 0.29) is 0 Å². The van der Waals surface area contributed by atoms with Gasteiger partial charge in [-0.1, -0.05) is 25.7 Å². The Bertz CT molecular complexity index is 275. The summed E-state index contributed by atoms with van der Waals surface area (Å²) in [5, 5.41) is 0. The minimum absolute atomic E-state index is 0.456. The van der Waals surface area contributed by atoms with E-state index in [0.717, 1.165) is 32.0 Å². The predicted molar refractivity (Wildman–Crippen MR) is 62.3 cm³/mol. The molecule has 3 heteroatoms. The molecule has 0 aromatic carbocycles. The standard InChI is InChI=1S/C11H20NOP/c1-11(2)5-4-6-12-7-9-14(3,13)10-8-12/h11H,6-10H2,1-3H3. The van der Waals surface area contributed by atoms with E-state index in [9.17, 15) is 4.57 Å². The SMILES string of the molecule is CC(C)C#CCN1CCP(C)(=O)CC1. The summed E-state index contributed by atoms with van der Waals surface area (Å²) >= 11 is 0. The van der Waals surface area contributed by atoms with Gasteiger partial charge in [-0.2, -0.15) is 0 Å². The van der Waals surface area contributed by atoms with Crippen LogP contribution in [0.15, 0.2) is 0 Å². The molecule has 0 aliphatic carbocycles. The van der Waals surface area contributed by atoms with E-state index >= 15 is 0 Å². The zero-order valence-corrected chi connectivity index (χ0v) is 10.3. The minimum Gasteiger partial charge on any atom is -0.324 e. The number of nitrogens with zero attached hydrogens (tertiary/aromatic N) is 1. The Morgan fingerprint density at radius 3 is 2.43 bits per heavy atom. The first kappa shape index (κ1) is 11.8. The molecule has 1 heterocycles. The molecule has 2 nitrogen and oxygen atoms in total. The lowest BCUT2D eigenvalue weighted by Crippen LogP contribution is -2.34. The van der Waals surface area contributed by atoms with Crippen LogP contribution < -0.4 is 0 Å². The molecule has 0 spiro atoms. The largest absolute Gasteiger partial charge is 0.324 e. The first-order valence-corrected chi connectivity index (χ1v) is 7.78. The molecule has 0 atom stereocenters. The highest BCUT2D eigenvalue weighted by Gasteiger charge is 2.22. The van der Waals surface area contributed by atoms with Gasteiger partial charge in [0.15, 0.2) is 0 Å². The normalized spacial score (nSPS) is 21.7. The van der Waals surface area contributed by atoms with Gasteiger partial charge in [-0.25, -0.2) is 0 Å². The molecule has 14 heavy (non-hydrogen) atoms. The summed E-state index contributed by atoms with van der Waals surface area (Å²) in [6, 6.07) is 0. The summed E-state index contributed by atoms with van der Waals surface area (Å²) in [5.41, 5.74) is 0. The molecule has 1 saturated heterocycles. The summed E-state index contributed by atoms with van der Waals surface area (Å²) in [6.45, 7) is 8.89. The van der Waals surface area contributed by atoms with Crippen LogP contribution in [0.5, 0.6) is 0 Å². The lowest BCUT2D eigenvalue weighted by molar-refractivity contribution is 0.331. The van der Waals surface area contributed by atoms with Gasteiger partial charge < -0.3 is 4.57 Å². The lowest BCUT2D eigenvalue weighted by Gasteiger charge is -2.28. The molecule has 80 valence electrons. The van der Waals surface area contributed by atoms with Gasteiger partial charge in [0.2, 0.25) is 0 Å². The van der Waals surface area contributed by atoms with E-state index in [4.69, 9.17) is 0 Å². The summed E-state index contributed by atoms with van der Waals surface area (Å²) in [5.74, 6) is 6.78. The van der Waals surface area contributed by atoms with Gasteiger partial charge in [0.25, 0.3) is 0 Å². The van der Waals surface area contributed by atoms with E-state index in [1.807, 2.05) is 6.66 Å². The van der Waals surface area contributed by atoms with Crippen molar-refractivity contribution in [3.63, 3.8) is 0 Å². The van der Waals surface area contributed by atoms with Crippen molar-refractivity contribution in [1.29, 1.82) is 0 Å². The van der Waals surface area contributed by atoms with Crippen molar-refractivity contribution in [1.82, 2.24) is 4.90 Å². The van der Waals surface area contributed by atoms with Crippen molar-refractivity contribution in [2.75, 3.05) is 38.6 Å². The molecule has 0 bridgehead atoms. The zero-order chi connectivity index (χ0) is 10.6. The van der Waals surface area contributed by atoms with Crippen molar-refractivity contribution in [2.45, 2.75) is 13.8 Å². The highest BCUT2D eigenvalue weighted by molar-refractivity contribution is 7.63. The van der Waals surface area contributed by atoms with Crippen molar-refractivity contribution < 1.29 is 4.57 Å². The van der Waals surface area contributed by atoms with Crippen LogP contribution in [-0.4, -0.2) is 43.5 Å². The van der Waals surface area contributed by atoms with Crippen LogP contribution >= 0.6 is 7.14 Å². The van der Waals surface area contributed by atoms with E-state index in [1.54, 1.807) is 0 Å². The Morgan fingerprint density at radius 2 is 1.93 bits per heavy atom. The Kier molecular flexibility index (Phi) is 4.23. The highest BCUT2D eigenvalue weighted by Crippen LogP contribution is 2.42. The summed E-state index contributed by atoms with van der Waals surface area (Å²) in [7, 11) is -1.77. The van der Waals surface area contributed by atoms with Crippen LogP contribution in [0, 0.1) is 17.8 Å². The van der Waals surface area contributed by atoms with Gasteiger partial charge in [0, 0.05) is 31.3 Å². The molecule has 0 aromatic rings. The van der Waals surface area contributed by atoms with Crippen molar-refractivity contribution in [2.24, 2.45) is 5.92 Å². The third kappa shape index (κ3) is 4.31. The van der Waals surface area contributed by atoms with Gasteiger partial charge in [-0.15, -0.1) is 0 Å². The van der Waals surface area contributed by atoms with Crippen LogP contribution in [0.2, 0.25) is 0 Å². The number of rotatable bonds is 1. The monoisotopic (exact) mass is 213 g/mol. The van der Waals surface area contributed by atoms with Gasteiger partial charge in [0.1, 0.15) is 0 Å². The van der Waals surface area contributed by atoms with E-state index in [0.29, 0.717) is 5.92 Å². The fourth-order valence-corrected chi connectivity index (χ4v) is 3.08. The zero-order valence-electron chi connectivity index (χ0n) is 9.42. The molecular weight excluding hydrogens is 193 g/mol. The molecule has 0 aromatic heterocycles. The molecule has 0 saturated carbocycles. The first-order valence-electron chi connectivity index (χ1n) is 5.26. The maximum atomic E-state index is 11.7. The molecule has 0 N–H and O–H groups in total. The van der Waals surface area contributed by atoms with Crippen molar-refractivity contribution in [3.05, 3.63) is 0 Å². The number of hydrogen-bond donors (Lipinski definition) is 0. The van der Waals surface area contributed by atoms with Crippen molar-refractivity contribution in [3.8, 4) is 11.8 Å². The average molecular weight is 213 g/mol. The van der Waals surface area contributed by atoms with E-state index < -0.39 is 7.14 Å². The molecule has 0 radical (unpaired) electrons. The molecule has 1 rings (SSSR count). The lowest BCUT2D eigenvalue weighted by atomic mass is 10.2. The summed E-state index contributed by atoms with van der Waals surface area (Å²) < 4.78 is 11.7. The molecule has 0 unspecified atom stereocenters. The van der Waals surface area contributed by atoms with Gasteiger partial charge in [-0.05, 0) is 6.66 Å². The second kappa shape index (κ2) is 5.01. The Morgan fingerprint density at radius 1 is 1.36 bits per heavy atom. The fraction of sp³-hybridized carbons (Fsp3) is 0.818. The second-order valence-electron chi connectivity index (χ2n) is 4.50. The van der Waals surface area contributed by atoms with Crippen LogP contribution in [0.1, 0.15) is 13.8 Å². The summed E-state index contributed by atoms with van der Waals surface area (Å²) in [6.07, 6.45) is 1.74. The highest BCUT2D eigenvalue weighted by atomic mass is 31.2. The van der Waals surface area contributed by atoms with E-state index in [1.165, 1.54) is 0 Å². The van der Waals surface area contributed by atoms with Crippen LogP contribution in [-0.2, 0) is 4.57 Å². The third-order valence-electron chi connectivity index (χ3n) is 2.47. The maximum Gasteiger partial charge on any atom is 0.0873 e. The molecule has 1 aliphatic rings. The van der Waals surface area contributed by atoms with Gasteiger partial charge >= 0.3 is 0 Å². The molecular formula is C11H20NOP. The minimum atomic E-state index is -1.77.